The van der Waals surface area contributed by atoms with Gasteiger partial charge in [0.05, 0.1) is 0 Å². The number of carboxylic acid groups (broad SMARTS) is 1. The van der Waals surface area contributed by atoms with Crippen molar-refractivity contribution in [2.75, 3.05) is 13.1 Å². The first-order valence-corrected chi connectivity index (χ1v) is 7.86. The van der Waals surface area contributed by atoms with Crippen LogP contribution in [0.15, 0.2) is 24.3 Å². The molecule has 0 aromatic heterocycles. The number of aryl methyl sites for hydroxylation is 1. The van der Waals surface area contributed by atoms with Crippen LogP contribution in [0, 0.1) is 6.92 Å². The Hall–Kier alpha value is -2.10. The SMILES string of the molecule is CCC/C(=C\C(=O)O)c1ccc(C(=O)N2CCCC2)c(C)c1. The standard InChI is InChI=1S/C18H23NO3/c1-3-6-14(12-17(20)21)15-7-8-16(13(2)11-15)18(22)19-9-4-5-10-19/h7-8,11-12H,3-6,9-10H2,1-2H3,(H,20,21)/b14-12+. The van der Waals surface area contributed by atoms with Crippen LogP contribution in [0.2, 0.25) is 0 Å². The summed E-state index contributed by atoms with van der Waals surface area (Å²) in [4.78, 5) is 25.3. The van der Waals surface area contributed by atoms with Crippen molar-refractivity contribution >= 4 is 17.4 Å². The number of carbonyl (C=O) groups is 2. The number of hydrogen-bond acceptors (Lipinski definition) is 2. The summed E-state index contributed by atoms with van der Waals surface area (Å²) in [6, 6.07) is 5.62. The van der Waals surface area contributed by atoms with E-state index in [1.165, 1.54) is 6.08 Å². The maximum Gasteiger partial charge on any atom is 0.328 e. The van der Waals surface area contributed by atoms with E-state index in [1.807, 2.05) is 36.9 Å². The lowest BCUT2D eigenvalue weighted by atomic mass is 9.96. The molecular weight excluding hydrogens is 278 g/mol. The Kier molecular flexibility index (Phi) is 5.36. The summed E-state index contributed by atoms with van der Waals surface area (Å²) >= 11 is 0. The van der Waals surface area contributed by atoms with Crippen LogP contribution < -0.4 is 0 Å². The van der Waals surface area contributed by atoms with E-state index in [1.54, 1.807) is 0 Å². The first-order valence-electron chi connectivity index (χ1n) is 7.86. The summed E-state index contributed by atoms with van der Waals surface area (Å²) in [7, 11) is 0. The number of hydrogen-bond donors (Lipinski definition) is 1. The average Bonchev–Trinajstić information content (AvgIpc) is 3.00. The van der Waals surface area contributed by atoms with Crippen molar-refractivity contribution in [2.45, 2.75) is 39.5 Å². The van der Waals surface area contributed by atoms with Crippen molar-refractivity contribution in [3.05, 3.63) is 41.0 Å². The Bertz CT molecular complexity index is 598. The lowest BCUT2D eigenvalue weighted by molar-refractivity contribution is -0.131. The van der Waals surface area contributed by atoms with E-state index in [9.17, 15) is 9.59 Å². The minimum atomic E-state index is -0.932. The fourth-order valence-electron chi connectivity index (χ4n) is 2.91. The van der Waals surface area contributed by atoms with E-state index in [4.69, 9.17) is 5.11 Å². The van der Waals surface area contributed by atoms with Gasteiger partial charge in [-0.2, -0.15) is 0 Å². The van der Waals surface area contributed by atoms with Crippen LogP contribution in [-0.2, 0) is 4.79 Å². The highest BCUT2D eigenvalue weighted by atomic mass is 16.4. The van der Waals surface area contributed by atoms with Crippen molar-refractivity contribution in [3.8, 4) is 0 Å². The molecule has 22 heavy (non-hydrogen) atoms. The predicted octanol–water partition coefficient (Wildman–Crippen LogP) is 3.50. The van der Waals surface area contributed by atoms with Crippen LogP contribution in [0.25, 0.3) is 5.57 Å². The highest BCUT2D eigenvalue weighted by Crippen LogP contribution is 2.24. The van der Waals surface area contributed by atoms with E-state index >= 15 is 0 Å². The number of allylic oxidation sites excluding steroid dienone is 1. The lowest BCUT2D eigenvalue weighted by Gasteiger charge is -2.17. The lowest BCUT2D eigenvalue weighted by Crippen LogP contribution is -2.28. The summed E-state index contributed by atoms with van der Waals surface area (Å²) in [5.41, 5.74) is 3.32. The maximum atomic E-state index is 12.5. The molecule has 1 saturated heterocycles. The van der Waals surface area contributed by atoms with Crippen molar-refractivity contribution in [1.29, 1.82) is 0 Å². The summed E-state index contributed by atoms with van der Waals surface area (Å²) in [5.74, 6) is -0.848. The van der Waals surface area contributed by atoms with Gasteiger partial charge in [0.15, 0.2) is 0 Å². The topological polar surface area (TPSA) is 57.6 Å². The van der Waals surface area contributed by atoms with Crippen LogP contribution in [-0.4, -0.2) is 35.0 Å². The average molecular weight is 301 g/mol. The third kappa shape index (κ3) is 3.75. The molecule has 1 aliphatic heterocycles. The molecule has 0 saturated carbocycles. The zero-order valence-electron chi connectivity index (χ0n) is 13.3. The number of rotatable bonds is 5. The van der Waals surface area contributed by atoms with Gasteiger partial charge in [0.2, 0.25) is 0 Å². The molecule has 1 aromatic carbocycles. The smallest absolute Gasteiger partial charge is 0.328 e. The molecule has 1 fully saturated rings. The first-order chi connectivity index (χ1) is 10.5. The van der Waals surface area contributed by atoms with E-state index in [0.717, 1.165) is 54.6 Å². The molecule has 4 heteroatoms. The molecule has 1 heterocycles. The number of carboxylic acids is 1. The molecule has 0 bridgehead atoms. The Morgan fingerprint density at radius 3 is 2.50 bits per heavy atom. The van der Waals surface area contributed by atoms with Gasteiger partial charge in [0.1, 0.15) is 0 Å². The minimum absolute atomic E-state index is 0.0841. The van der Waals surface area contributed by atoms with E-state index in [0.29, 0.717) is 6.42 Å². The number of benzene rings is 1. The van der Waals surface area contributed by atoms with Gasteiger partial charge < -0.3 is 10.0 Å². The molecule has 1 N–H and O–H groups in total. The summed E-state index contributed by atoms with van der Waals surface area (Å²) in [5, 5.41) is 8.99. The van der Waals surface area contributed by atoms with Crippen molar-refractivity contribution < 1.29 is 14.7 Å². The Morgan fingerprint density at radius 2 is 1.95 bits per heavy atom. The Balaban J connectivity index is 2.28. The first kappa shape index (κ1) is 16.3. The highest BCUT2D eigenvalue weighted by molar-refractivity contribution is 5.96. The van der Waals surface area contributed by atoms with Gasteiger partial charge in [0, 0.05) is 24.7 Å². The van der Waals surface area contributed by atoms with Crippen LogP contribution in [0.4, 0.5) is 0 Å². The van der Waals surface area contributed by atoms with Crippen LogP contribution in [0.1, 0.15) is 54.1 Å². The molecule has 1 aliphatic rings. The van der Waals surface area contributed by atoms with Crippen LogP contribution >= 0.6 is 0 Å². The molecule has 2 rings (SSSR count). The Labute approximate surface area is 131 Å². The summed E-state index contributed by atoms with van der Waals surface area (Å²) in [6.45, 7) is 5.60. The van der Waals surface area contributed by atoms with Crippen LogP contribution in [0.3, 0.4) is 0 Å². The molecule has 0 atom stereocenters. The third-order valence-corrected chi connectivity index (χ3v) is 4.04. The van der Waals surface area contributed by atoms with Gasteiger partial charge in [-0.3, -0.25) is 4.79 Å². The third-order valence-electron chi connectivity index (χ3n) is 4.04. The largest absolute Gasteiger partial charge is 0.478 e. The second-order valence-electron chi connectivity index (χ2n) is 5.79. The molecule has 118 valence electrons. The quantitative estimate of drug-likeness (QED) is 0.847. The van der Waals surface area contributed by atoms with Crippen molar-refractivity contribution in [1.82, 2.24) is 4.90 Å². The fraction of sp³-hybridized carbons (Fsp3) is 0.444. The molecule has 1 amide bonds. The summed E-state index contributed by atoms with van der Waals surface area (Å²) in [6.07, 6.45) is 5.01. The van der Waals surface area contributed by atoms with Crippen LogP contribution in [0.5, 0.6) is 0 Å². The molecule has 4 nitrogen and oxygen atoms in total. The fourth-order valence-corrected chi connectivity index (χ4v) is 2.91. The molecule has 0 unspecified atom stereocenters. The molecule has 0 spiro atoms. The van der Waals surface area contributed by atoms with Gasteiger partial charge >= 0.3 is 5.97 Å². The number of carbonyl (C=O) groups excluding carboxylic acids is 1. The molecule has 1 aromatic rings. The van der Waals surface area contributed by atoms with Gasteiger partial charge in [-0.05, 0) is 49.0 Å². The van der Waals surface area contributed by atoms with E-state index in [2.05, 4.69) is 0 Å². The number of likely N-dealkylation sites (tertiary alicyclic amines) is 1. The molecule has 0 radical (unpaired) electrons. The zero-order chi connectivity index (χ0) is 16.1. The highest BCUT2D eigenvalue weighted by Gasteiger charge is 2.21. The molecular formula is C18H23NO3. The predicted molar refractivity (Wildman–Crippen MR) is 86.8 cm³/mol. The van der Waals surface area contributed by atoms with Gasteiger partial charge in [-0.1, -0.05) is 25.5 Å². The van der Waals surface area contributed by atoms with Crippen molar-refractivity contribution in [2.24, 2.45) is 0 Å². The summed E-state index contributed by atoms with van der Waals surface area (Å²) < 4.78 is 0. The zero-order valence-corrected chi connectivity index (χ0v) is 13.3. The van der Waals surface area contributed by atoms with Gasteiger partial charge in [-0.25, -0.2) is 4.79 Å². The maximum absolute atomic E-state index is 12.5. The Morgan fingerprint density at radius 1 is 1.27 bits per heavy atom. The second-order valence-corrected chi connectivity index (χ2v) is 5.79. The second kappa shape index (κ2) is 7.25. The number of nitrogens with zero attached hydrogens (tertiary/aromatic N) is 1. The number of aliphatic carboxylic acids is 1. The normalized spacial score (nSPS) is 15.2. The number of amides is 1. The molecule has 0 aliphatic carbocycles. The van der Waals surface area contributed by atoms with Gasteiger partial charge in [0.25, 0.3) is 5.91 Å². The minimum Gasteiger partial charge on any atom is -0.478 e. The van der Waals surface area contributed by atoms with E-state index < -0.39 is 5.97 Å². The van der Waals surface area contributed by atoms with Gasteiger partial charge in [-0.15, -0.1) is 0 Å². The van der Waals surface area contributed by atoms with Crippen molar-refractivity contribution in [3.63, 3.8) is 0 Å². The monoisotopic (exact) mass is 301 g/mol. The van der Waals surface area contributed by atoms with E-state index in [-0.39, 0.29) is 5.91 Å².